The Labute approximate surface area is 192 Å². The summed E-state index contributed by atoms with van der Waals surface area (Å²) in [6.45, 7) is 0.977. The van der Waals surface area contributed by atoms with E-state index in [2.05, 4.69) is 5.32 Å². The summed E-state index contributed by atoms with van der Waals surface area (Å²) >= 11 is 1.26. The molecule has 0 unspecified atom stereocenters. The van der Waals surface area contributed by atoms with Crippen LogP contribution in [0.4, 0.5) is 0 Å². The van der Waals surface area contributed by atoms with Crippen molar-refractivity contribution in [2.45, 2.75) is 43.6 Å². The molecule has 0 bridgehead atoms. The summed E-state index contributed by atoms with van der Waals surface area (Å²) in [7, 11) is 0. The third-order valence-electron chi connectivity index (χ3n) is 4.25. The standard InChI is InChI=1S/C16H21N3O8S.Na/c1-7(20)27-5-8-6-28-14-11(13(22)19(14)12(8)16(25)26)18-10(21)4-2-3-9(17)15(23)24;/h9,11,14H,2-6,17H2,1H3,(H,18,21)(H,23,24)(H,25,26);/t9-,11-,14-;/m1./s1. The number of hydrogen-bond acceptors (Lipinski definition) is 8. The molecule has 2 aliphatic heterocycles. The Balaban J connectivity index is 0.00000420. The molecule has 1 radical (unpaired) electrons. The van der Waals surface area contributed by atoms with Crippen LogP contribution in [0.5, 0.6) is 0 Å². The van der Waals surface area contributed by atoms with Gasteiger partial charge >= 0.3 is 17.9 Å². The summed E-state index contributed by atoms with van der Waals surface area (Å²) in [5, 5.41) is 20.1. The van der Waals surface area contributed by atoms with E-state index in [0.29, 0.717) is 5.57 Å². The van der Waals surface area contributed by atoms with Crippen LogP contribution in [0.1, 0.15) is 26.2 Å². The van der Waals surface area contributed by atoms with E-state index in [0.717, 1.165) is 4.90 Å². The number of β-lactam (4-membered cyclic amide) rings is 1. The number of nitrogens with one attached hydrogen (secondary N) is 1. The molecule has 2 rings (SSSR count). The van der Waals surface area contributed by atoms with Crippen molar-refractivity contribution in [3.05, 3.63) is 11.3 Å². The van der Waals surface area contributed by atoms with Gasteiger partial charge in [-0.3, -0.25) is 24.1 Å². The first-order valence-corrected chi connectivity index (χ1v) is 9.49. The zero-order chi connectivity index (χ0) is 21.0. The van der Waals surface area contributed by atoms with Gasteiger partial charge in [-0.2, -0.15) is 0 Å². The van der Waals surface area contributed by atoms with Gasteiger partial charge in [0.15, 0.2) is 0 Å². The number of carboxylic acids is 2. The molecule has 1 fully saturated rings. The third-order valence-corrected chi connectivity index (χ3v) is 5.59. The molecule has 0 saturated carbocycles. The number of carboxylic acid groups (broad SMARTS) is 2. The van der Waals surface area contributed by atoms with E-state index in [-0.39, 0.29) is 66.9 Å². The van der Waals surface area contributed by atoms with Crippen LogP contribution in [0.3, 0.4) is 0 Å². The molecule has 0 aromatic carbocycles. The summed E-state index contributed by atoms with van der Waals surface area (Å²) in [6, 6.07) is -1.92. The number of amides is 2. The average Bonchev–Trinajstić information content (AvgIpc) is 2.62. The first-order valence-electron chi connectivity index (χ1n) is 8.44. The molecule has 155 valence electrons. The van der Waals surface area contributed by atoms with Gasteiger partial charge in [0.05, 0.1) is 0 Å². The Morgan fingerprint density at radius 1 is 1.34 bits per heavy atom. The Morgan fingerprint density at radius 3 is 2.55 bits per heavy atom. The van der Waals surface area contributed by atoms with E-state index >= 15 is 0 Å². The van der Waals surface area contributed by atoms with Crippen molar-refractivity contribution in [2.75, 3.05) is 12.4 Å². The Hall–Kier alpha value is -1.60. The van der Waals surface area contributed by atoms with Gasteiger partial charge in [0.1, 0.15) is 29.8 Å². The number of rotatable bonds is 9. The predicted octanol–water partition coefficient (Wildman–Crippen LogP) is -1.51. The van der Waals surface area contributed by atoms with Crippen molar-refractivity contribution in [2.24, 2.45) is 5.73 Å². The fourth-order valence-corrected chi connectivity index (χ4v) is 4.16. The van der Waals surface area contributed by atoms with Crippen LogP contribution >= 0.6 is 11.8 Å². The first-order chi connectivity index (χ1) is 13.1. The van der Waals surface area contributed by atoms with Crippen LogP contribution in [0.15, 0.2) is 11.3 Å². The van der Waals surface area contributed by atoms with Crippen LogP contribution < -0.4 is 11.1 Å². The van der Waals surface area contributed by atoms with Gasteiger partial charge in [-0.1, -0.05) is 0 Å². The van der Waals surface area contributed by atoms with Gasteiger partial charge < -0.3 is 26.0 Å². The molecule has 2 amide bonds. The second-order valence-corrected chi connectivity index (χ2v) is 7.43. The zero-order valence-electron chi connectivity index (χ0n) is 16.0. The van der Waals surface area contributed by atoms with Crippen LogP contribution in [0, 0.1) is 0 Å². The molecule has 0 spiro atoms. The second-order valence-electron chi connectivity index (χ2n) is 6.33. The molecule has 0 aromatic rings. The average molecular weight is 438 g/mol. The van der Waals surface area contributed by atoms with E-state index in [1.54, 1.807) is 0 Å². The van der Waals surface area contributed by atoms with E-state index < -0.39 is 47.2 Å². The topological polar surface area (TPSA) is 176 Å². The number of esters is 1. The fraction of sp³-hybridized carbons (Fsp3) is 0.562. The number of thioether (sulfide) groups is 1. The SMILES string of the molecule is CC(=O)OCC1=C(C(=O)O)N2C(=O)[C@@H](NC(=O)CCC[C@@H](N)C(=O)O)[C@H]2SC1.[Na]. The molecule has 0 aliphatic carbocycles. The number of aliphatic carboxylic acids is 2. The van der Waals surface area contributed by atoms with Crippen LogP contribution in [0.2, 0.25) is 0 Å². The molecule has 29 heavy (non-hydrogen) atoms. The number of carbonyl (C=O) groups is 5. The van der Waals surface area contributed by atoms with Gasteiger partial charge in [0.25, 0.3) is 5.91 Å². The molecular weight excluding hydrogens is 417 g/mol. The Morgan fingerprint density at radius 2 is 2.00 bits per heavy atom. The van der Waals surface area contributed by atoms with Crippen molar-refractivity contribution < 1.29 is 38.9 Å². The quantitative estimate of drug-likeness (QED) is 0.188. The van der Waals surface area contributed by atoms with Crippen molar-refractivity contribution in [1.29, 1.82) is 0 Å². The molecule has 5 N–H and O–H groups in total. The summed E-state index contributed by atoms with van der Waals surface area (Å²) in [6.07, 6.45) is 0.368. The van der Waals surface area contributed by atoms with Crippen molar-refractivity contribution in [3.8, 4) is 0 Å². The van der Waals surface area contributed by atoms with Gasteiger partial charge in [-0.05, 0) is 12.8 Å². The predicted molar refractivity (Wildman–Crippen MR) is 102 cm³/mol. The largest absolute Gasteiger partial charge is 0.480 e. The van der Waals surface area contributed by atoms with Gasteiger partial charge in [0, 0.05) is 54.2 Å². The first kappa shape index (κ1) is 25.4. The molecular formula is C16H21N3NaO8S. The van der Waals surface area contributed by atoms with Crippen LogP contribution in [-0.2, 0) is 28.7 Å². The second kappa shape index (κ2) is 11.0. The number of fused-ring (bicyclic) bond motifs is 1. The van der Waals surface area contributed by atoms with Crippen molar-refractivity contribution in [3.63, 3.8) is 0 Å². The summed E-state index contributed by atoms with van der Waals surface area (Å²) in [4.78, 5) is 58.7. The molecule has 2 aliphatic rings. The summed E-state index contributed by atoms with van der Waals surface area (Å²) in [5.41, 5.74) is 5.44. The summed E-state index contributed by atoms with van der Waals surface area (Å²) < 4.78 is 4.84. The monoisotopic (exact) mass is 438 g/mol. The fourth-order valence-electron chi connectivity index (χ4n) is 2.83. The zero-order valence-corrected chi connectivity index (χ0v) is 18.9. The third kappa shape index (κ3) is 6.19. The van der Waals surface area contributed by atoms with E-state index in [4.69, 9.17) is 15.6 Å². The molecule has 1 saturated heterocycles. The summed E-state index contributed by atoms with van der Waals surface area (Å²) in [5.74, 6) is -3.79. The Kier molecular flexibility index (Phi) is 9.62. The van der Waals surface area contributed by atoms with Crippen molar-refractivity contribution in [1.82, 2.24) is 10.2 Å². The van der Waals surface area contributed by atoms with Gasteiger partial charge in [-0.15, -0.1) is 11.8 Å². The number of carbonyl (C=O) groups excluding carboxylic acids is 3. The van der Waals surface area contributed by atoms with Crippen molar-refractivity contribution >= 4 is 71.0 Å². The maximum absolute atomic E-state index is 12.4. The van der Waals surface area contributed by atoms with Gasteiger partial charge in [0.2, 0.25) is 5.91 Å². The van der Waals surface area contributed by atoms with E-state index in [1.807, 2.05) is 0 Å². The van der Waals surface area contributed by atoms with Gasteiger partial charge in [-0.25, -0.2) is 4.79 Å². The number of ether oxygens (including phenoxy) is 1. The molecule has 11 nitrogen and oxygen atoms in total. The molecule has 13 heteroatoms. The van der Waals surface area contributed by atoms with Crippen LogP contribution in [-0.4, -0.2) is 104 Å². The van der Waals surface area contributed by atoms with E-state index in [1.165, 1.54) is 18.7 Å². The normalized spacial score (nSPS) is 21.3. The molecule has 0 aromatic heterocycles. The van der Waals surface area contributed by atoms with Crippen LogP contribution in [0.25, 0.3) is 0 Å². The molecule has 2 heterocycles. The van der Waals surface area contributed by atoms with E-state index in [9.17, 15) is 29.1 Å². The minimum Gasteiger partial charge on any atom is -0.480 e. The smallest absolute Gasteiger partial charge is 0.352 e. The Bertz CT molecular complexity index is 744. The molecule has 3 atom stereocenters. The number of nitrogens with two attached hydrogens (primary N) is 1. The number of nitrogens with zero attached hydrogens (tertiary/aromatic N) is 1. The minimum atomic E-state index is -1.31. The number of hydrogen-bond donors (Lipinski definition) is 4. The maximum atomic E-state index is 12.4. The maximum Gasteiger partial charge on any atom is 0.352 e. The minimum absolute atomic E-state index is 0.